The van der Waals surface area contributed by atoms with Gasteiger partial charge in [0.2, 0.25) is 0 Å². The van der Waals surface area contributed by atoms with E-state index in [-0.39, 0.29) is 12.5 Å². The lowest BCUT2D eigenvalue weighted by Gasteiger charge is -2.44. The van der Waals surface area contributed by atoms with Crippen molar-refractivity contribution < 1.29 is 22.7 Å². The first-order chi connectivity index (χ1) is 7.29. The molecule has 6 heteroatoms. The molecule has 0 spiro atoms. The van der Waals surface area contributed by atoms with Crippen LogP contribution >= 0.6 is 0 Å². The number of halogens is 3. The second kappa shape index (κ2) is 4.61. The highest BCUT2D eigenvalue weighted by atomic mass is 19.4. The van der Waals surface area contributed by atoms with E-state index in [0.29, 0.717) is 12.8 Å². The molecule has 0 amide bonds. The van der Waals surface area contributed by atoms with Crippen LogP contribution in [0.25, 0.3) is 0 Å². The predicted molar refractivity (Wildman–Crippen MR) is 51.8 cm³/mol. The zero-order chi connectivity index (χ0) is 12.4. The maximum atomic E-state index is 12.1. The summed E-state index contributed by atoms with van der Waals surface area (Å²) < 4.78 is 41.0. The van der Waals surface area contributed by atoms with Crippen LogP contribution < -0.4 is 5.32 Å². The molecule has 1 aliphatic rings. The molecule has 0 aromatic rings. The van der Waals surface area contributed by atoms with Crippen LogP contribution in [0.15, 0.2) is 0 Å². The Kier molecular flexibility index (Phi) is 3.83. The first kappa shape index (κ1) is 13.3. The van der Waals surface area contributed by atoms with Gasteiger partial charge in [0.25, 0.3) is 0 Å². The molecule has 1 rings (SSSR count). The molecule has 0 aromatic heterocycles. The van der Waals surface area contributed by atoms with Gasteiger partial charge >= 0.3 is 12.1 Å². The van der Waals surface area contributed by atoms with E-state index in [1.807, 2.05) is 6.92 Å². The Morgan fingerprint density at radius 3 is 2.44 bits per heavy atom. The summed E-state index contributed by atoms with van der Waals surface area (Å²) in [5.74, 6) is -0.317. The number of carbonyl (C=O) groups excluding carboxylic acids is 1. The van der Waals surface area contributed by atoms with Gasteiger partial charge in [-0.05, 0) is 25.7 Å². The summed E-state index contributed by atoms with van der Waals surface area (Å²) in [7, 11) is 0. The predicted octanol–water partition coefficient (Wildman–Crippen LogP) is 1.87. The molecule has 1 fully saturated rings. The summed E-state index contributed by atoms with van der Waals surface area (Å²) in [4.78, 5) is 11.6. The molecule has 0 heterocycles. The Bertz CT molecular complexity index is 259. The molecule has 0 unspecified atom stereocenters. The second-order valence-corrected chi connectivity index (χ2v) is 4.28. The summed E-state index contributed by atoms with van der Waals surface area (Å²) in [6, 6.07) is 0. The minimum atomic E-state index is -4.31. The van der Waals surface area contributed by atoms with Crippen molar-refractivity contribution in [3.63, 3.8) is 0 Å². The second-order valence-electron chi connectivity index (χ2n) is 4.28. The first-order valence-electron chi connectivity index (χ1n) is 5.28. The van der Waals surface area contributed by atoms with E-state index in [2.05, 4.69) is 5.32 Å². The van der Waals surface area contributed by atoms with Crippen LogP contribution in [0.4, 0.5) is 13.2 Å². The zero-order valence-electron chi connectivity index (χ0n) is 9.36. The van der Waals surface area contributed by atoms with Crippen LogP contribution in [0.1, 0.15) is 26.7 Å². The van der Waals surface area contributed by atoms with Crippen molar-refractivity contribution in [2.24, 2.45) is 5.92 Å². The maximum Gasteiger partial charge on any atom is 0.401 e. The molecule has 3 nitrogen and oxygen atoms in total. The van der Waals surface area contributed by atoms with Crippen molar-refractivity contribution >= 4 is 5.97 Å². The Morgan fingerprint density at radius 1 is 1.50 bits per heavy atom. The van der Waals surface area contributed by atoms with Crippen LogP contribution in [-0.4, -0.2) is 30.8 Å². The number of nitrogens with one attached hydrogen (secondary N) is 1. The van der Waals surface area contributed by atoms with Gasteiger partial charge in [0.1, 0.15) is 5.54 Å². The largest absolute Gasteiger partial charge is 0.465 e. The SMILES string of the molecule is CCOC(=O)C1(NCC(F)(F)F)CC(C)C1. The third-order valence-corrected chi connectivity index (χ3v) is 2.69. The number of esters is 1. The third-order valence-electron chi connectivity index (χ3n) is 2.69. The molecule has 0 radical (unpaired) electrons. The van der Waals surface area contributed by atoms with E-state index >= 15 is 0 Å². The minimum Gasteiger partial charge on any atom is -0.465 e. The molecule has 94 valence electrons. The van der Waals surface area contributed by atoms with Gasteiger partial charge in [-0.15, -0.1) is 0 Å². The van der Waals surface area contributed by atoms with Crippen molar-refractivity contribution in [2.45, 2.75) is 38.4 Å². The molecule has 0 saturated heterocycles. The van der Waals surface area contributed by atoms with Crippen molar-refractivity contribution in [3.05, 3.63) is 0 Å². The smallest absolute Gasteiger partial charge is 0.401 e. The van der Waals surface area contributed by atoms with Crippen LogP contribution in [0, 0.1) is 5.92 Å². The van der Waals surface area contributed by atoms with E-state index in [0.717, 1.165) is 0 Å². The summed E-state index contributed by atoms with van der Waals surface area (Å²) in [6.45, 7) is 2.56. The normalized spacial score (nSPS) is 29.7. The molecule has 0 atom stereocenters. The van der Waals surface area contributed by atoms with Crippen LogP contribution in [0.2, 0.25) is 0 Å². The van der Waals surface area contributed by atoms with E-state index in [1.165, 1.54) is 0 Å². The number of alkyl halides is 3. The topological polar surface area (TPSA) is 38.3 Å². The Balaban J connectivity index is 2.57. The van der Waals surface area contributed by atoms with Crippen molar-refractivity contribution in [3.8, 4) is 0 Å². The highest BCUT2D eigenvalue weighted by Crippen LogP contribution is 2.39. The monoisotopic (exact) mass is 239 g/mol. The quantitative estimate of drug-likeness (QED) is 0.761. The standard InChI is InChI=1S/C10H16F3NO2/c1-3-16-8(15)9(4-7(2)5-9)14-6-10(11,12)13/h7,14H,3-6H2,1-2H3. The Labute approximate surface area is 92.3 Å². The molecule has 1 aliphatic carbocycles. The Hall–Kier alpha value is -0.780. The number of carbonyl (C=O) groups is 1. The molecular weight excluding hydrogens is 223 g/mol. The van der Waals surface area contributed by atoms with Gasteiger partial charge in [0.05, 0.1) is 13.2 Å². The lowest BCUT2D eigenvalue weighted by Crippen LogP contribution is -2.62. The van der Waals surface area contributed by atoms with Crippen molar-refractivity contribution in [1.29, 1.82) is 0 Å². The summed E-state index contributed by atoms with van der Waals surface area (Å²) in [6.07, 6.45) is -3.50. The number of rotatable bonds is 4. The minimum absolute atomic E-state index is 0.183. The van der Waals surface area contributed by atoms with Gasteiger partial charge in [-0.3, -0.25) is 10.1 Å². The lowest BCUT2D eigenvalue weighted by molar-refractivity contribution is -0.163. The third kappa shape index (κ3) is 3.10. The fraction of sp³-hybridized carbons (Fsp3) is 0.900. The number of ether oxygens (including phenoxy) is 1. The van der Waals surface area contributed by atoms with Crippen molar-refractivity contribution in [1.82, 2.24) is 5.32 Å². The van der Waals surface area contributed by atoms with Crippen LogP contribution in [-0.2, 0) is 9.53 Å². The van der Waals surface area contributed by atoms with Gasteiger partial charge in [-0.1, -0.05) is 6.92 Å². The average molecular weight is 239 g/mol. The molecule has 0 bridgehead atoms. The fourth-order valence-electron chi connectivity index (χ4n) is 2.05. The van der Waals surface area contributed by atoms with E-state index < -0.39 is 24.2 Å². The van der Waals surface area contributed by atoms with Gasteiger partial charge < -0.3 is 4.74 Å². The molecule has 0 aromatic carbocycles. The molecule has 1 N–H and O–H groups in total. The fourth-order valence-corrected chi connectivity index (χ4v) is 2.05. The highest BCUT2D eigenvalue weighted by Gasteiger charge is 2.50. The summed E-state index contributed by atoms with van der Waals surface area (Å²) in [5, 5.41) is 2.29. The first-order valence-corrected chi connectivity index (χ1v) is 5.28. The highest BCUT2D eigenvalue weighted by molar-refractivity contribution is 5.82. The van der Waals surface area contributed by atoms with Gasteiger partial charge in [-0.2, -0.15) is 13.2 Å². The summed E-state index contributed by atoms with van der Waals surface area (Å²) in [5.41, 5.74) is -1.12. The zero-order valence-corrected chi connectivity index (χ0v) is 9.36. The molecular formula is C10H16F3NO2. The molecule has 16 heavy (non-hydrogen) atoms. The molecule has 0 aliphatic heterocycles. The van der Waals surface area contributed by atoms with Gasteiger partial charge in [0, 0.05) is 0 Å². The number of hydrogen-bond acceptors (Lipinski definition) is 3. The summed E-state index contributed by atoms with van der Waals surface area (Å²) >= 11 is 0. The number of hydrogen-bond donors (Lipinski definition) is 1. The maximum absolute atomic E-state index is 12.1. The molecule has 1 saturated carbocycles. The van der Waals surface area contributed by atoms with Crippen LogP contribution in [0.5, 0.6) is 0 Å². The average Bonchev–Trinajstić information content (AvgIpc) is 2.09. The van der Waals surface area contributed by atoms with E-state index in [4.69, 9.17) is 4.74 Å². The lowest BCUT2D eigenvalue weighted by atomic mass is 9.69. The van der Waals surface area contributed by atoms with Crippen LogP contribution in [0.3, 0.4) is 0 Å². The Morgan fingerprint density at radius 2 is 2.06 bits per heavy atom. The van der Waals surface area contributed by atoms with Gasteiger partial charge in [-0.25, -0.2) is 0 Å². The van der Waals surface area contributed by atoms with Crippen molar-refractivity contribution in [2.75, 3.05) is 13.2 Å². The van der Waals surface area contributed by atoms with Gasteiger partial charge in [0.15, 0.2) is 0 Å². The van der Waals surface area contributed by atoms with E-state index in [1.54, 1.807) is 6.92 Å². The van der Waals surface area contributed by atoms with E-state index in [9.17, 15) is 18.0 Å².